The van der Waals surface area contributed by atoms with Gasteiger partial charge in [0.05, 0.1) is 12.1 Å². The molecular formula is C21H21N5O. The van der Waals surface area contributed by atoms with Crippen LogP contribution in [0, 0.1) is 6.92 Å². The summed E-state index contributed by atoms with van der Waals surface area (Å²) in [5.41, 5.74) is 9.91. The molecule has 4 aromatic rings. The van der Waals surface area contributed by atoms with Crippen molar-refractivity contribution in [1.29, 1.82) is 0 Å². The molecule has 0 aliphatic heterocycles. The van der Waals surface area contributed by atoms with Gasteiger partial charge in [0.2, 0.25) is 0 Å². The number of aryl methyl sites for hydroxylation is 1. The summed E-state index contributed by atoms with van der Waals surface area (Å²) in [6.45, 7) is 3.20. The number of rotatable bonds is 6. The number of aromatic nitrogens is 2. The molecule has 6 nitrogen and oxygen atoms in total. The molecule has 0 saturated carbocycles. The lowest BCUT2D eigenvalue weighted by Crippen LogP contribution is -2.03. The Hall–Kier alpha value is -3.54. The summed E-state index contributed by atoms with van der Waals surface area (Å²) >= 11 is 0. The monoisotopic (exact) mass is 359 g/mol. The molecule has 0 fully saturated rings. The minimum absolute atomic E-state index is 0.566. The Morgan fingerprint density at radius 3 is 2.74 bits per heavy atom. The summed E-state index contributed by atoms with van der Waals surface area (Å²) in [5, 5.41) is 7.58. The normalized spacial score (nSPS) is 10.9. The minimum atomic E-state index is 0.566. The lowest BCUT2D eigenvalue weighted by atomic mass is 10.1. The highest BCUT2D eigenvalue weighted by Crippen LogP contribution is 2.26. The molecule has 0 atom stereocenters. The number of hydrogen-bond acceptors (Lipinski definition) is 6. The van der Waals surface area contributed by atoms with Crippen LogP contribution in [-0.2, 0) is 13.1 Å². The molecule has 0 aliphatic rings. The lowest BCUT2D eigenvalue weighted by molar-refractivity contribution is 0.490. The largest absolute Gasteiger partial charge is 0.465 e. The molecule has 0 saturated heterocycles. The van der Waals surface area contributed by atoms with E-state index in [4.69, 9.17) is 10.2 Å². The molecule has 0 unspecified atom stereocenters. The van der Waals surface area contributed by atoms with E-state index in [-0.39, 0.29) is 0 Å². The molecule has 27 heavy (non-hydrogen) atoms. The molecule has 1 aromatic carbocycles. The number of nitrogens with one attached hydrogen (secondary N) is 2. The van der Waals surface area contributed by atoms with Crippen LogP contribution in [0.3, 0.4) is 0 Å². The van der Waals surface area contributed by atoms with Crippen molar-refractivity contribution < 1.29 is 4.42 Å². The number of benzene rings is 1. The van der Waals surface area contributed by atoms with Gasteiger partial charge in [0, 0.05) is 41.8 Å². The van der Waals surface area contributed by atoms with Crippen molar-refractivity contribution in [2.45, 2.75) is 20.0 Å². The molecule has 0 bridgehead atoms. The molecule has 136 valence electrons. The van der Waals surface area contributed by atoms with E-state index in [1.54, 1.807) is 6.20 Å². The quantitative estimate of drug-likeness (QED) is 0.475. The first-order valence-corrected chi connectivity index (χ1v) is 8.79. The van der Waals surface area contributed by atoms with Crippen LogP contribution in [0.15, 0.2) is 65.3 Å². The fourth-order valence-corrected chi connectivity index (χ4v) is 2.92. The molecule has 0 aliphatic carbocycles. The molecule has 3 aromatic heterocycles. The number of anilines is 3. The zero-order valence-electron chi connectivity index (χ0n) is 15.1. The summed E-state index contributed by atoms with van der Waals surface area (Å²) in [7, 11) is 0. The standard InChI is InChI=1S/C21H21N5O/c1-14-4-6-17(27-14)13-25-21-10-19(22)18-9-16(5-7-20(18)26-21)24-12-15-3-2-8-23-11-15/h2-11,24H,12-13H2,1H3,(H3,22,25,26). The number of hydrogen-bond donors (Lipinski definition) is 3. The van der Waals surface area contributed by atoms with Crippen molar-refractivity contribution in [1.82, 2.24) is 9.97 Å². The third kappa shape index (κ3) is 4.00. The SMILES string of the molecule is Cc1ccc(CNc2cc(N)c3cc(NCc4cccnc4)ccc3n2)o1. The van der Waals surface area contributed by atoms with Crippen molar-refractivity contribution >= 4 is 28.1 Å². The van der Waals surface area contributed by atoms with E-state index in [9.17, 15) is 0 Å². The van der Waals surface area contributed by atoms with E-state index >= 15 is 0 Å². The van der Waals surface area contributed by atoms with Crippen LogP contribution >= 0.6 is 0 Å². The highest BCUT2D eigenvalue weighted by Gasteiger charge is 2.06. The van der Waals surface area contributed by atoms with Crippen LogP contribution in [0.1, 0.15) is 17.1 Å². The number of pyridine rings is 2. The minimum Gasteiger partial charge on any atom is -0.465 e. The highest BCUT2D eigenvalue weighted by molar-refractivity contribution is 5.94. The first-order valence-electron chi connectivity index (χ1n) is 8.79. The van der Waals surface area contributed by atoms with E-state index < -0.39 is 0 Å². The maximum absolute atomic E-state index is 6.27. The van der Waals surface area contributed by atoms with Crippen LogP contribution in [0.4, 0.5) is 17.2 Å². The van der Waals surface area contributed by atoms with Gasteiger partial charge in [-0.1, -0.05) is 6.07 Å². The topological polar surface area (TPSA) is 89.0 Å². The van der Waals surface area contributed by atoms with Gasteiger partial charge in [-0.05, 0) is 48.9 Å². The molecule has 3 heterocycles. The van der Waals surface area contributed by atoms with Gasteiger partial charge in [0.1, 0.15) is 17.3 Å². The van der Waals surface area contributed by atoms with E-state index in [1.807, 2.05) is 61.7 Å². The molecule has 0 radical (unpaired) electrons. The molecular weight excluding hydrogens is 338 g/mol. The van der Waals surface area contributed by atoms with Crippen LogP contribution in [0.5, 0.6) is 0 Å². The Labute approximate surface area is 157 Å². The van der Waals surface area contributed by atoms with Gasteiger partial charge in [-0.25, -0.2) is 4.98 Å². The second kappa shape index (κ2) is 7.37. The van der Waals surface area contributed by atoms with E-state index in [1.165, 1.54) is 0 Å². The van der Waals surface area contributed by atoms with Gasteiger partial charge in [0.25, 0.3) is 0 Å². The summed E-state index contributed by atoms with van der Waals surface area (Å²) in [4.78, 5) is 8.77. The number of furan rings is 1. The van der Waals surface area contributed by atoms with Gasteiger partial charge in [-0.15, -0.1) is 0 Å². The summed E-state index contributed by atoms with van der Waals surface area (Å²) < 4.78 is 5.57. The summed E-state index contributed by atoms with van der Waals surface area (Å²) in [6, 6.07) is 15.7. The number of nitrogens with two attached hydrogens (primary N) is 1. The average molecular weight is 359 g/mol. The van der Waals surface area contributed by atoms with E-state index in [0.717, 1.165) is 39.5 Å². The number of nitrogens with zero attached hydrogens (tertiary/aromatic N) is 2. The van der Waals surface area contributed by atoms with Gasteiger partial charge in [0.15, 0.2) is 0 Å². The first kappa shape index (κ1) is 16.9. The Morgan fingerprint density at radius 1 is 1.04 bits per heavy atom. The molecule has 4 N–H and O–H groups in total. The predicted molar refractivity (Wildman–Crippen MR) is 108 cm³/mol. The molecule has 0 spiro atoms. The van der Waals surface area contributed by atoms with Crippen LogP contribution in [0.2, 0.25) is 0 Å². The maximum Gasteiger partial charge on any atom is 0.129 e. The highest BCUT2D eigenvalue weighted by atomic mass is 16.3. The predicted octanol–water partition coefficient (Wildman–Crippen LogP) is 4.34. The Morgan fingerprint density at radius 2 is 1.96 bits per heavy atom. The van der Waals surface area contributed by atoms with Crippen molar-refractivity contribution in [2.75, 3.05) is 16.4 Å². The van der Waals surface area contributed by atoms with Gasteiger partial charge < -0.3 is 20.8 Å². The Balaban J connectivity index is 1.49. The zero-order chi connectivity index (χ0) is 18.6. The van der Waals surface area contributed by atoms with Crippen LogP contribution in [-0.4, -0.2) is 9.97 Å². The number of fused-ring (bicyclic) bond motifs is 1. The van der Waals surface area contributed by atoms with Gasteiger partial charge >= 0.3 is 0 Å². The fraction of sp³-hybridized carbons (Fsp3) is 0.143. The Bertz CT molecular complexity index is 1060. The van der Waals surface area contributed by atoms with Crippen LogP contribution < -0.4 is 16.4 Å². The lowest BCUT2D eigenvalue weighted by Gasteiger charge is -2.11. The zero-order valence-corrected chi connectivity index (χ0v) is 15.1. The number of nitrogen functional groups attached to an aromatic ring is 1. The fourth-order valence-electron chi connectivity index (χ4n) is 2.92. The second-order valence-corrected chi connectivity index (χ2v) is 6.41. The summed E-state index contributed by atoms with van der Waals surface area (Å²) in [5.74, 6) is 2.48. The first-order chi connectivity index (χ1) is 13.2. The summed E-state index contributed by atoms with van der Waals surface area (Å²) in [6.07, 6.45) is 3.62. The molecule has 0 amide bonds. The van der Waals surface area contributed by atoms with E-state index in [2.05, 4.69) is 20.6 Å². The van der Waals surface area contributed by atoms with E-state index in [0.29, 0.717) is 18.8 Å². The molecule has 4 rings (SSSR count). The van der Waals surface area contributed by atoms with Crippen molar-refractivity contribution in [3.05, 3.63) is 78.0 Å². The molecule has 6 heteroatoms. The smallest absolute Gasteiger partial charge is 0.129 e. The van der Waals surface area contributed by atoms with Gasteiger partial charge in [-0.2, -0.15) is 0 Å². The Kier molecular flexibility index (Phi) is 4.61. The van der Waals surface area contributed by atoms with Crippen LogP contribution in [0.25, 0.3) is 10.9 Å². The van der Waals surface area contributed by atoms with Crippen molar-refractivity contribution in [3.8, 4) is 0 Å². The average Bonchev–Trinajstić information content (AvgIpc) is 3.11. The van der Waals surface area contributed by atoms with Crippen molar-refractivity contribution in [2.24, 2.45) is 0 Å². The maximum atomic E-state index is 6.27. The third-order valence-corrected chi connectivity index (χ3v) is 4.30. The second-order valence-electron chi connectivity index (χ2n) is 6.41. The van der Waals surface area contributed by atoms with Crippen molar-refractivity contribution in [3.63, 3.8) is 0 Å². The van der Waals surface area contributed by atoms with Gasteiger partial charge in [-0.3, -0.25) is 4.98 Å². The third-order valence-electron chi connectivity index (χ3n) is 4.30.